The third-order valence-electron chi connectivity index (χ3n) is 5.82. The summed E-state index contributed by atoms with van der Waals surface area (Å²) in [6.45, 7) is 6.08. The van der Waals surface area contributed by atoms with Gasteiger partial charge in [-0.3, -0.25) is 4.79 Å². The third kappa shape index (κ3) is 3.36. The van der Waals surface area contributed by atoms with Gasteiger partial charge in [-0.25, -0.2) is 9.67 Å². The lowest BCUT2D eigenvalue weighted by Crippen LogP contribution is -2.34. The van der Waals surface area contributed by atoms with Crippen LogP contribution in [-0.2, 0) is 6.54 Å². The van der Waals surface area contributed by atoms with E-state index in [0.29, 0.717) is 35.8 Å². The zero-order valence-corrected chi connectivity index (χ0v) is 17.9. The Morgan fingerprint density at radius 1 is 1.13 bits per heavy atom. The van der Waals surface area contributed by atoms with E-state index in [-0.39, 0.29) is 11.9 Å². The highest BCUT2D eigenvalue weighted by atomic mass is 16.3. The molecule has 0 bridgehead atoms. The highest BCUT2D eigenvalue weighted by Crippen LogP contribution is 2.29. The molecule has 0 unspecified atom stereocenters. The van der Waals surface area contributed by atoms with Crippen LogP contribution in [0.25, 0.3) is 22.5 Å². The number of rotatable bonds is 3. The molecular formula is C24H25N5O2. The largest absolute Gasteiger partial charge is 0.463 e. The van der Waals surface area contributed by atoms with Crippen molar-refractivity contribution in [3.05, 3.63) is 66.1 Å². The monoisotopic (exact) mass is 415 g/mol. The predicted molar refractivity (Wildman–Crippen MR) is 120 cm³/mol. The summed E-state index contributed by atoms with van der Waals surface area (Å²) in [5, 5.41) is 5.28. The lowest BCUT2D eigenvalue weighted by atomic mass is 10.1. The predicted octanol–water partition coefficient (Wildman–Crippen LogP) is 4.36. The Morgan fingerprint density at radius 2 is 1.97 bits per heavy atom. The fraction of sp³-hybridized carbons (Fsp3) is 0.292. The molecule has 1 aliphatic rings. The molecule has 0 saturated heterocycles. The van der Waals surface area contributed by atoms with Crippen LogP contribution in [0.15, 0.2) is 59.3 Å². The first-order chi connectivity index (χ1) is 15.0. The SMILES string of the molecule is CC(C)n1ncc2c(C(=O)N3CCN(C)c4ccccc4C3)cc(-c3ccco3)nc21. The fourth-order valence-corrected chi connectivity index (χ4v) is 4.16. The van der Waals surface area contributed by atoms with Crippen molar-refractivity contribution in [1.82, 2.24) is 19.7 Å². The number of benzene rings is 1. The number of nitrogens with zero attached hydrogens (tertiary/aromatic N) is 5. The topological polar surface area (TPSA) is 67.4 Å². The second kappa shape index (κ2) is 7.58. The minimum atomic E-state index is -0.0198. The molecule has 0 atom stereocenters. The van der Waals surface area contributed by atoms with Gasteiger partial charge in [-0.1, -0.05) is 18.2 Å². The van der Waals surface area contributed by atoms with Crippen molar-refractivity contribution in [1.29, 1.82) is 0 Å². The second-order valence-electron chi connectivity index (χ2n) is 8.23. The number of furan rings is 1. The van der Waals surface area contributed by atoms with Crippen molar-refractivity contribution in [2.24, 2.45) is 0 Å². The maximum absolute atomic E-state index is 13.8. The fourth-order valence-electron chi connectivity index (χ4n) is 4.16. The van der Waals surface area contributed by atoms with E-state index in [9.17, 15) is 4.79 Å². The van der Waals surface area contributed by atoms with Gasteiger partial charge in [0.1, 0.15) is 5.69 Å². The number of amides is 1. The number of carbonyl (C=O) groups excluding carboxylic acids is 1. The van der Waals surface area contributed by atoms with E-state index in [2.05, 4.69) is 43.0 Å². The molecule has 0 fully saturated rings. The van der Waals surface area contributed by atoms with Crippen LogP contribution < -0.4 is 4.90 Å². The summed E-state index contributed by atoms with van der Waals surface area (Å²) in [5.74, 6) is 0.613. The molecule has 158 valence electrons. The summed E-state index contributed by atoms with van der Waals surface area (Å²) in [6.07, 6.45) is 3.36. The first-order valence-electron chi connectivity index (χ1n) is 10.5. The Hall–Kier alpha value is -3.61. The van der Waals surface area contributed by atoms with Crippen molar-refractivity contribution in [3.63, 3.8) is 0 Å². The maximum atomic E-state index is 13.8. The average Bonchev–Trinajstić information content (AvgIpc) is 3.42. The molecular weight excluding hydrogens is 390 g/mol. The lowest BCUT2D eigenvalue weighted by Gasteiger charge is -2.22. The Kier molecular flexibility index (Phi) is 4.73. The zero-order chi connectivity index (χ0) is 21.5. The van der Waals surface area contributed by atoms with Crippen LogP contribution in [0.1, 0.15) is 35.8 Å². The van der Waals surface area contributed by atoms with Gasteiger partial charge < -0.3 is 14.2 Å². The van der Waals surface area contributed by atoms with Crippen LogP contribution in [0.3, 0.4) is 0 Å². The van der Waals surface area contributed by atoms with Crippen molar-refractivity contribution < 1.29 is 9.21 Å². The van der Waals surface area contributed by atoms with Gasteiger partial charge in [-0.2, -0.15) is 5.10 Å². The number of likely N-dealkylation sites (N-methyl/N-ethyl adjacent to an activating group) is 1. The highest BCUT2D eigenvalue weighted by Gasteiger charge is 2.26. The standard InChI is InChI=1S/C24H25N5O2/c1-16(2)29-23-19(14-25-29)18(13-20(26-23)22-9-6-12-31-22)24(30)28-11-10-27(3)21-8-5-4-7-17(21)15-28/h4-9,12-14,16H,10-11,15H2,1-3H3. The second-order valence-corrected chi connectivity index (χ2v) is 8.23. The van der Waals surface area contributed by atoms with Crippen molar-refractivity contribution >= 4 is 22.6 Å². The van der Waals surface area contributed by atoms with Crippen LogP contribution in [0, 0.1) is 0 Å². The molecule has 0 aliphatic carbocycles. The van der Waals surface area contributed by atoms with Gasteiger partial charge >= 0.3 is 0 Å². The van der Waals surface area contributed by atoms with Gasteiger partial charge in [0.25, 0.3) is 5.91 Å². The number of hydrogen-bond donors (Lipinski definition) is 0. The number of hydrogen-bond acceptors (Lipinski definition) is 5. The summed E-state index contributed by atoms with van der Waals surface area (Å²) >= 11 is 0. The molecule has 7 heteroatoms. The van der Waals surface area contributed by atoms with E-state index < -0.39 is 0 Å². The van der Waals surface area contributed by atoms with Crippen LogP contribution in [0.5, 0.6) is 0 Å². The molecule has 0 saturated carbocycles. The van der Waals surface area contributed by atoms with Gasteiger partial charge in [0, 0.05) is 38.4 Å². The molecule has 4 aromatic rings. The number of para-hydroxylation sites is 1. The summed E-state index contributed by atoms with van der Waals surface area (Å²) in [5.41, 5.74) is 4.24. The van der Waals surface area contributed by atoms with Gasteiger partial charge in [0.2, 0.25) is 0 Å². The van der Waals surface area contributed by atoms with Gasteiger partial charge in [0.15, 0.2) is 11.4 Å². The van der Waals surface area contributed by atoms with Crippen molar-refractivity contribution in [2.75, 3.05) is 25.0 Å². The van der Waals surface area contributed by atoms with Gasteiger partial charge in [-0.15, -0.1) is 0 Å². The molecule has 31 heavy (non-hydrogen) atoms. The zero-order valence-electron chi connectivity index (χ0n) is 17.9. The van der Waals surface area contributed by atoms with E-state index in [1.807, 2.05) is 39.9 Å². The Bertz CT molecular complexity index is 1240. The van der Waals surface area contributed by atoms with Crippen LogP contribution in [-0.4, -0.2) is 45.7 Å². The third-order valence-corrected chi connectivity index (χ3v) is 5.82. The van der Waals surface area contributed by atoms with Gasteiger partial charge in [-0.05, 0) is 43.7 Å². The molecule has 1 amide bonds. The van der Waals surface area contributed by atoms with Crippen LogP contribution >= 0.6 is 0 Å². The molecule has 0 N–H and O–H groups in total. The van der Waals surface area contributed by atoms with E-state index in [4.69, 9.17) is 9.40 Å². The molecule has 1 aromatic carbocycles. The molecule has 4 heterocycles. The summed E-state index contributed by atoms with van der Waals surface area (Å²) in [4.78, 5) is 22.7. The molecule has 5 rings (SSSR count). The number of pyridine rings is 1. The number of carbonyl (C=O) groups is 1. The molecule has 3 aromatic heterocycles. The van der Waals surface area contributed by atoms with E-state index in [1.54, 1.807) is 12.5 Å². The van der Waals surface area contributed by atoms with Gasteiger partial charge in [0.05, 0.1) is 23.4 Å². The number of anilines is 1. The Balaban J connectivity index is 1.61. The molecule has 0 radical (unpaired) electrons. The minimum absolute atomic E-state index is 0.0198. The Labute approximate surface area is 180 Å². The molecule has 1 aliphatic heterocycles. The quantitative estimate of drug-likeness (QED) is 0.497. The smallest absolute Gasteiger partial charge is 0.255 e. The van der Waals surface area contributed by atoms with Crippen LogP contribution in [0.2, 0.25) is 0 Å². The highest BCUT2D eigenvalue weighted by molar-refractivity contribution is 6.06. The number of aromatic nitrogens is 3. The van der Waals surface area contributed by atoms with Crippen LogP contribution in [0.4, 0.5) is 5.69 Å². The first-order valence-corrected chi connectivity index (χ1v) is 10.5. The summed E-state index contributed by atoms with van der Waals surface area (Å²) < 4.78 is 7.43. The van der Waals surface area contributed by atoms with E-state index in [0.717, 1.165) is 17.5 Å². The van der Waals surface area contributed by atoms with Crippen molar-refractivity contribution in [3.8, 4) is 11.5 Å². The van der Waals surface area contributed by atoms with Crippen molar-refractivity contribution in [2.45, 2.75) is 26.4 Å². The minimum Gasteiger partial charge on any atom is -0.463 e. The van der Waals surface area contributed by atoms with E-state index >= 15 is 0 Å². The normalized spacial score (nSPS) is 14.2. The summed E-state index contributed by atoms with van der Waals surface area (Å²) in [6, 6.07) is 13.9. The molecule has 0 spiro atoms. The maximum Gasteiger partial charge on any atom is 0.255 e. The molecule has 7 nitrogen and oxygen atoms in total. The lowest BCUT2D eigenvalue weighted by molar-refractivity contribution is 0.0753. The summed E-state index contributed by atoms with van der Waals surface area (Å²) in [7, 11) is 2.07. The Morgan fingerprint density at radius 3 is 2.74 bits per heavy atom. The first kappa shape index (κ1) is 19.4. The number of fused-ring (bicyclic) bond motifs is 2. The average molecular weight is 415 g/mol. The van der Waals surface area contributed by atoms with E-state index in [1.165, 1.54) is 5.69 Å².